The van der Waals surface area contributed by atoms with Crippen LogP contribution in [0.25, 0.3) is 0 Å². The number of ether oxygens (including phenoxy) is 1. The predicted octanol–water partition coefficient (Wildman–Crippen LogP) is 3.07. The average molecular weight is 281 g/mol. The molecule has 2 aromatic rings. The van der Waals surface area contributed by atoms with Gasteiger partial charge in [0.15, 0.2) is 0 Å². The normalized spacial score (nSPS) is 11.5. The van der Waals surface area contributed by atoms with Crippen LogP contribution < -0.4 is 15.8 Å². The molecule has 0 fully saturated rings. The highest BCUT2D eigenvalue weighted by atomic mass is 16.5. The number of hydrogen-bond acceptors (Lipinski definition) is 4. The number of nitrogens with two attached hydrogens (primary N) is 1. The van der Waals surface area contributed by atoms with Crippen LogP contribution in [0.2, 0.25) is 0 Å². The molecule has 0 bridgehead atoms. The lowest BCUT2D eigenvalue weighted by molar-refractivity contribution is 0.415. The summed E-state index contributed by atoms with van der Waals surface area (Å²) in [6.45, 7) is 0.692. The summed E-state index contributed by atoms with van der Waals surface area (Å²) in [6.07, 6.45) is 0.784. The number of rotatable bonds is 6. The molecule has 0 aliphatic rings. The largest absolute Gasteiger partial charge is 0.497 e. The van der Waals surface area contributed by atoms with Gasteiger partial charge in [-0.3, -0.25) is 0 Å². The Balaban J connectivity index is 1.96. The lowest BCUT2D eigenvalue weighted by Gasteiger charge is -2.14. The number of methoxy groups -OCH3 is 1. The van der Waals surface area contributed by atoms with Crippen molar-refractivity contribution in [2.75, 3.05) is 19.0 Å². The summed E-state index contributed by atoms with van der Waals surface area (Å²) in [4.78, 5) is 0. The molecule has 0 saturated heterocycles. The van der Waals surface area contributed by atoms with E-state index in [-0.39, 0.29) is 6.04 Å². The third kappa shape index (κ3) is 3.98. The topological polar surface area (TPSA) is 71.1 Å². The van der Waals surface area contributed by atoms with Crippen molar-refractivity contribution in [1.82, 2.24) is 0 Å². The van der Waals surface area contributed by atoms with E-state index in [1.165, 1.54) is 0 Å². The van der Waals surface area contributed by atoms with Gasteiger partial charge in [0.05, 0.1) is 18.4 Å². The Morgan fingerprint density at radius 2 is 2.00 bits per heavy atom. The van der Waals surface area contributed by atoms with Crippen molar-refractivity contribution in [3.63, 3.8) is 0 Å². The van der Waals surface area contributed by atoms with Crippen LogP contribution in [0, 0.1) is 11.3 Å². The second-order valence-corrected chi connectivity index (χ2v) is 4.76. The van der Waals surface area contributed by atoms with Gasteiger partial charge in [0.2, 0.25) is 0 Å². The minimum atomic E-state index is -0.0187. The first-order valence-electron chi connectivity index (χ1n) is 6.87. The fraction of sp³-hybridized carbons (Fsp3) is 0.235. The van der Waals surface area contributed by atoms with E-state index in [0.717, 1.165) is 23.4 Å². The summed E-state index contributed by atoms with van der Waals surface area (Å²) < 4.78 is 5.18. The van der Waals surface area contributed by atoms with Crippen LogP contribution in [0.5, 0.6) is 5.75 Å². The molecule has 4 heteroatoms. The first kappa shape index (κ1) is 14.9. The number of nitriles is 1. The van der Waals surface area contributed by atoms with Gasteiger partial charge in [0.25, 0.3) is 0 Å². The van der Waals surface area contributed by atoms with E-state index in [9.17, 15) is 0 Å². The minimum Gasteiger partial charge on any atom is -0.497 e. The molecule has 0 aromatic heterocycles. The highest BCUT2D eigenvalue weighted by Crippen LogP contribution is 2.22. The maximum absolute atomic E-state index is 9.11. The van der Waals surface area contributed by atoms with Crippen LogP contribution in [-0.2, 0) is 0 Å². The van der Waals surface area contributed by atoms with E-state index in [2.05, 4.69) is 11.4 Å². The Labute approximate surface area is 125 Å². The molecule has 21 heavy (non-hydrogen) atoms. The standard InChI is InChI=1S/C17H19N3O/c1-21-15-8-7-14(12-18)17(11-15)20-10-9-16(19)13-5-3-2-4-6-13/h2-8,11,16,20H,9-10,19H2,1H3. The van der Waals surface area contributed by atoms with Crippen LogP contribution in [0.1, 0.15) is 23.6 Å². The SMILES string of the molecule is COc1ccc(C#N)c(NCCC(N)c2ccccc2)c1. The fourth-order valence-corrected chi connectivity index (χ4v) is 2.12. The Hall–Kier alpha value is -2.51. The lowest BCUT2D eigenvalue weighted by atomic mass is 10.0. The summed E-state index contributed by atoms with van der Waals surface area (Å²) in [7, 11) is 1.61. The molecule has 0 spiro atoms. The molecule has 0 amide bonds. The molecule has 0 radical (unpaired) electrons. The maximum Gasteiger partial charge on any atom is 0.121 e. The zero-order chi connectivity index (χ0) is 15.1. The van der Waals surface area contributed by atoms with Crippen LogP contribution in [0.15, 0.2) is 48.5 Å². The van der Waals surface area contributed by atoms with E-state index in [1.807, 2.05) is 36.4 Å². The van der Waals surface area contributed by atoms with E-state index >= 15 is 0 Å². The molecular formula is C17H19N3O. The summed E-state index contributed by atoms with van der Waals surface area (Å²) in [5, 5.41) is 12.4. The smallest absolute Gasteiger partial charge is 0.121 e. The number of nitrogens with one attached hydrogen (secondary N) is 1. The van der Waals surface area contributed by atoms with Crippen molar-refractivity contribution in [2.24, 2.45) is 5.73 Å². The molecule has 0 saturated carbocycles. The zero-order valence-corrected chi connectivity index (χ0v) is 12.0. The highest BCUT2D eigenvalue weighted by Gasteiger charge is 2.07. The fourth-order valence-electron chi connectivity index (χ4n) is 2.12. The van der Waals surface area contributed by atoms with Gasteiger partial charge in [0, 0.05) is 18.7 Å². The van der Waals surface area contributed by atoms with Gasteiger partial charge in [-0.15, -0.1) is 0 Å². The number of anilines is 1. The summed E-state index contributed by atoms with van der Waals surface area (Å²) >= 11 is 0. The van der Waals surface area contributed by atoms with Crippen LogP contribution in [0.3, 0.4) is 0 Å². The second kappa shape index (κ2) is 7.32. The van der Waals surface area contributed by atoms with E-state index in [4.69, 9.17) is 15.7 Å². The zero-order valence-electron chi connectivity index (χ0n) is 12.0. The van der Waals surface area contributed by atoms with Crippen LogP contribution in [-0.4, -0.2) is 13.7 Å². The predicted molar refractivity (Wildman–Crippen MR) is 84.2 cm³/mol. The molecule has 4 nitrogen and oxygen atoms in total. The van der Waals surface area contributed by atoms with Gasteiger partial charge in [-0.05, 0) is 24.1 Å². The average Bonchev–Trinajstić information content (AvgIpc) is 2.55. The first-order valence-corrected chi connectivity index (χ1v) is 6.87. The van der Waals surface area contributed by atoms with Crippen molar-refractivity contribution in [3.8, 4) is 11.8 Å². The Morgan fingerprint density at radius 1 is 1.24 bits per heavy atom. The Kier molecular flexibility index (Phi) is 5.19. The Bertz CT molecular complexity index is 620. The van der Waals surface area contributed by atoms with Crippen LogP contribution >= 0.6 is 0 Å². The van der Waals surface area contributed by atoms with Crippen molar-refractivity contribution in [1.29, 1.82) is 5.26 Å². The molecule has 108 valence electrons. The molecule has 0 aliphatic carbocycles. The van der Waals surface area contributed by atoms with E-state index < -0.39 is 0 Å². The van der Waals surface area contributed by atoms with Gasteiger partial charge in [-0.2, -0.15) is 5.26 Å². The quantitative estimate of drug-likeness (QED) is 0.853. The first-order chi connectivity index (χ1) is 10.2. The molecule has 1 unspecified atom stereocenters. The lowest BCUT2D eigenvalue weighted by Crippen LogP contribution is -2.15. The van der Waals surface area contributed by atoms with Crippen molar-refractivity contribution >= 4 is 5.69 Å². The highest BCUT2D eigenvalue weighted by molar-refractivity contribution is 5.60. The molecule has 1 atom stereocenters. The van der Waals surface area contributed by atoms with Gasteiger partial charge in [-0.25, -0.2) is 0 Å². The third-order valence-corrected chi connectivity index (χ3v) is 3.35. The van der Waals surface area contributed by atoms with Gasteiger partial charge >= 0.3 is 0 Å². The molecular weight excluding hydrogens is 262 g/mol. The van der Waals surface area contributed by atoms with Gasteiger partial charge in [0.1, 0.15) is 11.8 Å². The summed E-state index contributed by atoms with van der Waals surface area (Å²) in [5.74, 6) is 0.726. The number of benzene rings is 2. The minimum absolute atomic E-state index is 0.0187. The van der Waals surface area contributed by atoms with Crippen molar-refractivity contribution in [2.45, 2.75) is 12.5 Å². The monoisotopic (exact) mass is 281 g/mol. The molecule has 2 rings (SSSR count). The maximum atomic E-state index is 9.11. The van der Waals surface area contributed by atoms with E-state index in [1.54, 1.807) is 19.2 Å². The number of hydrogen-bond donors (Lipinski definition) is 2. The molecule has 0 heterocycles. The summed E-state index contributed by atoms with van der Waals surface area (Å²) in [5.41, 5.74) is 8.65. The molecule has 0 aliphatic heterocycles. The van der Waals surface area contributed by atoms with Gasteiger partial charge in [-0.1, -0.05) is 30.3 Å². The van der Waals surface area contributed by atoms with Crippen molar-refractivity contribution in [3.05, 3.63) is 59.7 Å². The van der Waals surface area contributed by atoms with Gasteiger partial charge < -0.3 is 15.8 Å². The third-order valence-electron chi connectivity index (χ3n) is 3.35. The van der Waals surface area contributed by atoms with E-state index in [0.29, 0.717) is 12.1 Å². The van der Waals surface area contributed by atoms with Crippen LogP contribution in [0.4, 0.5) is 5.69 Å². The van der Waals surface area contributed by atoms with Crippen molar-refractivity contribution < 1.29 is 4.74 Å². The second-order valence-electron chi connectivity index (χ2n) is 4.76. The number of nitrogens with zero attached hydrogens (tertiary/aromatic N) is 1. The molecule has 2 aromatic carbocycles. The summed E-state index contributed by atoms with van der Waals surface area (Å²) in [6, 6.07) is 17.5. The Morgan fingerprint density at radius 3 is 2.67 bits per heavy atom. The molecule has 3 N–H and O–H groups in total.